The molecule has 0 aliphatic carbocycles. The Balaban J connectivity index is 4.36. The second-order valence-electron chi connectivity index (χ2n) is 17.5. The van der Waals surface area contributed by atoms with Crippen molar-refractivity contribution in [1.29, 1.82) is 0 Å². The summed E-state index contributed by atoms with van der Waals surface area (Å²) in [4.78, 5) is 37.9. The van der Waals surface area contributed by atoms with E-state index in [4.69, 9.17) is 14.2 Å². The molecule has 0 heterocycles. The van der Waals surface area contributed by atoms with Crippen molar-refractivity contribution in [2.24, 2.45) is 0 Å². The Bertz CT molecular complexity index is 1070. The van der Waals surface area contributed by atoms with E-state index in [1.54, 1.807) is 0 Å². The highest BCUT2D eigenvalue weighted by Crippen LogP contribution is 2.16. The summed E-state index contributed by atoms with van der Waals surface area (Å²) in [6, 6.07) is 0. The number of unbranched alkanes of at least 4 members (excludes halogenated alkanes) is 31. The molecule has 0 rings (SSSR count). The molecule has 0 radical (unpaired) electrons. The Morgan fingerprint density at radius 1 is 0.344 bits per heavy atom. The molecule has 0 saturated heterocycles. The van der Waals surface area contributed by atoms with E-state index in [0.29, 0.717) is 19.3 Å². The first-order valence-electron chi connectivity index (χ1n) is 26.2. The number of rotatable bonds is 47. The zero-order valence-electron chi connectivity index (χ0n) is 40.4. The van der Waals surface area contributed by atoms with Gasteiger partial charge in [-0.3, -0.25) is 14.4 Å². The molecule has 6 heteroatoms. The molecule has 0 N–H and O–H groups in total. The number of esters is 3. The third-order valence-electron chi connectivity index (χ3n) is 11.4. The molecular formula is C55H98O6. The van der Waals surface area contributed by atoms with E-state index in [2.05, 4.69) is 51.2 Å². The molecular weight excluding hydrogens is 757 g/mol. The maximum atomic E-state index is 12.8. The highest BCUT2D eigenvalue weighted by Gasteiger charge is 2.19. The Morgan fingerprint density at radius 2 is 0.639 bits per heavy atom. The molecule has 354 valence electrons. The van der Waals surface area contributed by atoms with Gasteiger partial charge in [0, 0.05) is 19.3 Å². The van der Waals surface area contributed by atoms with Gasteiger partial charge in [0.1, 0.15) is 13.2 Å². The van der Waals surface area contributed by atoms with Gasteiger partial charge in [0.25, 0.3) is 0 Å². The highest BCUT2D eigenvalue weighted by molar-refractivity contribution is 5.71. The van der Waals surface area contributed by atoms with E-state index >= 15 is 0 Å². The lowest BCUT2D eigenvalue weighted by Crippen LogP contribution is -2.30. The number of carbonyl (C=O) groups is 3. The van der Waals surface area contributed by atoms with Crippen LogP contribution >= 0.6 is 0 Å². The van der Waals surface area contributed by atoms with Crippen LogP contribution in [0.3, 0.4) is 0 Å². The summed E-state index contributed by atoms with van der Waals surface area (Å²) in [5.74, 6) is -0.893. The van der Waals surface area contributed by atoms with Crippen LogP contribution < -0.4 is 0 Å². The largest absolute Gasteiger partial charge is 0.462 e. The Hall–Kier alpha value is -2.63. The fourth-order valence-corrected chi connectivity index (χ4v) is 7.51. The van der Waals surface area contributed by atoms with Crippen molar-refractivity contribution in [3.05, 3.63) is 48.6 Å². The van der Waals surface area contributed by atoms with Gasteiger partial charge in [0.15, 0.2) is 6.10 Å². The average molecular weight is 855 g/mol. The van der Waals surface area contributed by atoms with Crippen LogP contribution in [0.25, 0.3) is 0 Å². The minimum absolute atomic E-state index is 0.0792. The summed E-state index contributed by atoms with van der Waals surface area (Å²) in [6.07, 6.45) is 59.5. The van der Waals surface area contributed by atoms with Crippen LogP contribution in [0.5, 0.6) is 0 Å². The fourth-order valence-electron chi connectivity index (χ4n) is 7.51. The molecule has 61 heavy (non-hydrogen) atoms. The van der Waals surface area contributed by atoms with Gasteiger partial charge in [-0.25, -0.2) is 0 Å². The number of hydrogen-bond acceptors (Lipinski definition) is 6. The summed E-state index contributed by atoms with van der Waals surface area (Å²) in [6.45, 7) is 6.50. The molecule has 0 fully saturated rings. The highest BCUT2D eigenvalue weighted by atomic mass is 16.6. The van der Waals surface area contributed by atoms with E-state index in [0.717, 1.165) is 83.5 Å². The molecule has 0 bridgehead atoms. The second-order valence-corrected chi connectivity index (χ2v) is 17.5. The minimum Gasteiger partial charge on any atom is -0.462 e. The number of ether oxygens (including phenoxy) is 3. The molecule has 0 aromatic heterocycles. The van der Waals surface area contributed by atoms with Gasteiger partial charge >= 0.3 is 17.9 Å². The molecule has 0 aromatic rings. The normalized spacial score (nSPS) is 12.4. The van der Waals surface area contributed by atoms with Crippen molar-refractivity contribution in [3.63, 3.8) is 0 Å². The number of carbonyl (C=O) groups excluding carboxylic acids is 3. The van der Waals surface area contributed by atoms with Gasteiger partial charge in [-0.05, 0) is 38.5 Å². The average Bonchev–Trinajstić information content (AvgIpc) is 3.26. The molecule has 0 aromatic carbocycles. The minimum atomic E-state index is -0.780. The summed E-state index contributed by atoms with van der Waals surface area (Å²) in [5.41, 5.74) is 0. The third-order valence-corrected chi connectivity index (χ3v) is 11.4. The van der Waals surface area contributed by atoms with Crippen LogP contribution in [-0.4, -0.2) is 37.2 Å². The van der Waals surface area contributed by atoms with Crippen molar-refractivity contribution in [3.8, 4) is 0 Å². The zero-order valence-corrected chi connectivity index (χ0v) is 40.4. The third kappa shape index (κ3) is 48.3. The van der Waals surface area contributed by atoms with Crippen LogP contribution in [0.4, 0.5) is 0 Å². The number of hydrogen-bond donors (Lipinski definition) is 0. The maximum absolute atomic E-state index is 12.8. The van der Waals surface area contributed by atoms with Gasteiger partial charge in [0.2, 0.25) is 0 Å². The van der Waals surface area contributed by atoms with Crippen molar-refractivity contribution >= 4 is 17.9 Å². The Kier molecular flexibility index (Phi) is 47.9. The van der Waals surface area contributed by atoms with E-state index in [1.807, 2.05) is 18.2 Å². The van der Waals surface area contributed by atoms with Crippen molar-refractivity contribution in [2.75, 3.05) is 13.2 Å². The number of allylic oxidation sites excluding steroid dienone is 8. The van der Waals surface area contributed by atoms with E-state index in [1.165, 1.54) is 141 Å². The van der Waals surface area contributed by atoms with Gasteiger partial charge in [0.05, 0.1) is 0 Å². The van der Waals surface area contributed by atoms with Crippen molar-refractivity contribution in [2.45, 2.75) is 271 Å². The summed E-state index contributed by atoms with van der Waals surface area (Å²) < 4.78 is 16.8. The SMILES string of the molecule is CC\C=C/C=C\C=C/C=C\CCCCCCCC(=O)OC(COC(=O)CCCCCCCCCCCCC)COC(=O)CCCCCCCCCCCCCCCCCCC. The van der Waals surface area contributed by atoms with E-state index in [9.17, 15) is 14.4 Å². The van der Waals surface area contributed by atoms with E-state index < -0.39 is 6.10 Å². The molecule has 0 saturated carbocycles. The first-order chi connectivity index (χ1) is 30.0. The molecule has 6 nitrogen and oxygen atoms in total. The lowest BCUT2D eigenvalue weighted by Gasteiger charge is -2.18. The Morgan fingerprint density at radius 3 is 1.00 bits per heavy atom. The van der Waals surface area contributed by atoms with Gasteiger partial charge < -0.3 is 14.2 Å². The predicted molar refractivity (Wildman–Crippen MR) is 261 cm³/mol. The summed E-state index contributed by atoms with van der Waals surface area (Å²) in [5, 5.41) is 0. The van der Waals surface area contributed by atoms with Crippen LogP contribution in [0.1, 0.15) is 265 Å². The van der Waals surface area contributed by atoms with Crippen LogP contribution in [-0.2, 0) is 28.6 Å². The van der Waals surface area contributed by atoms with Crippen molar-refractivity contribution < 1.29 is 28.6 Å². The van der Waals surface area contributed by atoms with Crippen LogP contribution in [0.2, 0.25) is 0 Å². The van der Waals surface area contributed by atoms with Crippen LogP contribution in [0.15, 0.2) is 48.6 Å². The molecule has 1 atom stereocenters. The monoisotopic (exact) mass is 855 g/mol. The quantitative estimate of drug-likeness (QED) is 0.0263. The topological polar surface area (TPSA) is 78.9 Å². The molecule has 0 amide bonds. The molecule has 0 spiro atoms. The second kappa shape index (κ2) is 50.0. The lowest BCUT2D eigenvalue weighted by molar-refractivity contribution is -0.167. The van der Waals surface area contributed by atoms with Crippen LogP contribution in [0, 0.1) is 0 Å². The zero-order chi connectivity index (χ0) is 44.4. The Labute approximate surface area is 378 Å². The smallest absolute Gasteiger partial charge is 0.306 e. The van der Waals surface area contributed by atoms with E-state index in [-0.39, 0.29) is 31.1 Å². The molecule has 1 unspecified atom stereocenters. The van der Waals surface area contributed by atoms with Gasteiger partial charge in [-0.1, -0.05) is 256 Å². The van der Waals surface area contributed by atoms with Gasteiger partial charge in [-0.15, -0.1) is 0 Å². The first kappa shape index (κ1) is 58.4. The summed E-state index contributed by atoms with van der Waals surface area (Å²) >= 11 is 0. The van der Waals surface area contributed by atoms with Crippen molar-refractivity contribution in [1.82, 2.24) is 0 Å². The molecule has 0 aliphatic heterocycles. The maximum Gasteiger partial charge on any atom is 0.306 e. The van der Waals surface area contributed by atoms with Gasteiger partial charge in [-0.2, -0.15) is 0 Å². The molecule has 0 aliphatic rings. The fraction of sp³-hybridized carbons (Fsp3) is 0.800. The lowest BCUT2D eigenvalue weighted by atomic mass is 10.0. The summed E-state index contributed by atoms with van der Waals surface area (Å²) in [7, 11) is 0. The standard InChI is InChI=1S/C55H98O6/c1-4-7-10-13-16-19-22-24-26-27-29-30-33-36-39-42-45-48-54(57)60-51-52(50-59-53(56)47-44-41-38-35-32-21-18-15-12-9-6-3)61-55(58)49-46-43-40-37-34-31-28-25-23-20-17-14-11-8-5-2/h8,11,14,17,20,23,25,28,52H,4-7,9-10,12-13,15-16,18-19,21-22,24,26-27,29-51H2,1-3H3/b11-8-,17-14-,23-20-,28-25-. The first-order valence-corrected chi connectivity index (χ1v) is 26.2. The predicted octanol–water partition coefficient (Wildman–Crippen LogP) is 17.1.